The first-order chi connectivity index (χ1) is 4.93. The molecule has 0 saturated heterocycles. The van der Waals surface area contributed by atoms with E-state index in [1.165, 1.54) is 0 Å². The van der Waals surface area contributed by atoms with Gasteiger partial charge < -0.3 is 0 Å². The number of benzene rings is 1. The van der Waals surface area contributed by atoms with Gasteiger partial charge in [-0.05, 0) is 12.1 Å². The van der Waals surface area contributed by atoms with Gasteiger partial charge in [0, 0.05) is 12.9 Å². The number of anilines is 1. The molecule has 1 N–H and O–H groups in total. The van der Waals surface area contributed by atoms with E-state index in [4.69, 9.17) is 0 Å². The maximum atomic E-state index is 4.33. The molecule has 0 fully saturated rings. The Morgan fingerprint density at radius 1 is 1.20 bits per heavy atom. The summed E-state index contributed by atoms with van der Waals surface area (Å²) in [5, 5.41) is 0. The van der Waals surface area contributed by atoms with E-state index in [-0.39, 0.29) is 0 Å². The fourth-order valence-corrected chi connectivity index (χ4v) is 0.610. The van der Waals surface area contributed by atoms with Crippen molar-refractivity contribution in [1.82, 2.24) is 0 Å². The van der Waals surface area contributed by atoms with Gasteiger partial charge in [-0.25, -0.2) is 5.48 Å². The van der Waals surface area contributed by atoms with Gasteiger partial charge in [-0.2, -0.15) is 0 Å². The van der Waals surface area contributed by atoms with Crippen LogP contribution in [0.4, 0.5) is 5.69 Å². The van der Waals surface area contributed by atoms with Crippen LogP contribution in [0.25, 0.3) is 0 Å². The van der Waals surface area contributed by atoms with Crippen LogP contribution in [0.15, 0.2) is 30.3 Å². The van der Waals surface area contributed by atoms with Crippen molar-refractivity contribution in [3.8, 4) is 0 Å². The first-order valence-corrected chi connectivity index (χ1v) is 3.08. The Morgan fingerprint density at radius 3 is 2.50 bits per heavy atom. The Bertz CT molecular complexity index is 180. The second kappa shape index (κ2) is 4.16. The van der Waals surface area contributed by atoms with E-state index in [9.17, 15) is 0 Å². The summed E-state index contributed by atoms with van der Waals surface area (Å²) in [7, 11) is 0. The highest BCUT2D eigenvalue weighted by molar-refractivity contribution is 7.74. The third-order valence-corrected chi connectivity index (χ3v) is 1.05. The van der Waals surface area contributed by atoms with E-state index in [0.717, 1.165) is 5.69 Å². The molecule has 1 aromatic rings. The van der Waals surface area contributed by atoms with Crippen molar-refractivity contribution in [3.63, 3.8) is 0 Å². The van der Waals surface area contributed by atoms with Gasteiger partial charge in [0.25, 0.3) is 0 Å². The standard InChI is InChI=1S/C6H7NO2S/c10-9-8-7-6-4-2-1-3-5-6/h1-5,7,10H. The topological polar surface area (TPSA) is 30.5 Å². The molecule has 1 aromatic carbocycles. The minimum atomic E-state index is 0.816. The van der Waals surface area contributed by atoms with Crippen molar-refractivity contribution in [1.29, 1.82) is 0 Å². The van der Waals surface area contributed by atoms with Crippen molar-refractivity contribution >= 4 is 18.6 Å². The number of rotatable bonds is 3. The summed E-state index contributed by atoms with van der Waals surface area (Å²) < 4.78 is 4.03. The van der Waals surface area contributed by atoms with Gasteiger partial charge in [-0.1, -0.05) is 18.2 Å². The predicted octanol–water partition coefficient (Wildman–Crippen LogP) is 1.81. The largest absolute Gasteiger partial charge is 0.234 e. The summed E-state index contributed by atoms with van der Waals surface area (Å²) in [6.45, 7) is 0. The molecule has 0 heterocycles. The van der Waals surface area contributed by atoms with Crippen LogP contribution in [0, 0.1) is 0 Å². The average Bonchev–Trinajstić information content (AvgIpc) is 2.03. The molecule has 0 atom stereocenters. The Labute approximate surface area is 64.5 Å². The van der Waals surface area contributed by atoms with Crippen molar-refractivity contribution in [2.75, 3.05) is 5.48 Å². The van der Waals surface area contributed by atoms with E-state index >= 15 is 0 Å². The van der Waals surface area contributed by atoms with E-state index < -0.39 is 0 Å². The van der Waals surface area contributed by atoms with Crippen LogP contribution in [-0.4, -0.2) is 0 Å². The van der Waals surface area contributed by atoms with Gasteiger partial charge in [-0.15, -0.1) is 9.32 Å². The highest BCUT2D eigenvalue weighted by Gasteiger charge is 1.85. The number of para-hydroxylation sites is 1. The summed E-state index contributed by atoms with van der Waals surface area (Å²) in [6, 6.07) is 9.35. The molecule has 0 aliphatic carbocycles. The molecule has 3 nitrogen and oxygen atoms in total. The van der Waals surface area contributed by atoms with Crippen LogP contribution < -0.4 is 5.48 Å². The Kier molecular flexibility index (Phi) is 3.08. The maximum Gasteiger partial charge on any atom is 0.0635 e. The molecule has 4 heteroatoms. The van der Waals surface area contributed by atoms with Crippen LogP contribution >= 0.6 is 12.9 Å². The van der Waals surface area contributed by atoms with Crippen molar-refractivity contribution in [3.05, 3.63) is 30.3 Å². The van der Waals surface area contributed by atoms with Crippen LogP contribution in [0.3, 0.4) is 0 Å². The normalized spacial score (nSPS) is 9.30. The van der Waals surface area contributed by atoms with Crippen molar-refractivity contribution < 1.29 is 9.32 Å². The number of hydrogen-bond donors (Lipinski definition) is 2. The molecule has 0 aromatic heterocycles. The lowest BCUT2D eigenvalue weighted by atomic mass is 10.3. The lowest BCUT2D eigenvalue weighted by Crippen LogP contribution is -1.95. The lowest BCUT2D eigenvalue weighted by Gasteiger charge is -1.99. The molecular weight excluding hydrogens is 150 g/mol. The molecule has 0 radical (unpaired) electrons. The summed E-state index contributed by atoms with van der Waals surface area (Å²) in [5.41, 5.74) is 3.31. The quantitative estimate of drug-likeness (QED) is 0.303. The number of thiol groups is 1. The first kappa shape index (κ1) is 7.40. The molecule has 0 saturated carbocycles. The van der Waals surface area contributed by atoms with Crippen molar-refractivity contribution in [2.24, 2.45) is 0 Å². The minimum Gasteiger partial charge on any atom is -0.234 e. The van der Waals surface area contributed by atoms with Crippen LogP contribution in [0.2, 0.25) is 0 Å². The molecule has 1 rings (SSSR count). The molecule has 0 aliphatic rings. The molecule has 0 bridgehead atoms. The summed E-state index contributed by atoms with van der Waals surface area (Å²) in [5.74, 6) is 0. The Hall–Kier alpha value is -0.710. The number of nitrogens with one attached hydrogen (secondary N) is 1. The van der Waals surface area contributed by atoms with Gasteiger partial charge in [-0.3, -0.25) is 0 Å². The fraction of sp³-hybridized carbons (Fsp3) is 0. The van der Waals surface area contributed by atoms with Gasteiger partial charge in [0.2, 0.25) is 0 Å². The number of hydrogen-bond acceptors (Lipinski definition) is 4. The Morgan fingerprint density at radius 2 is 1.90 bits per heavy atom. The van der Waals surface area contributed by atoms with E-state index in [1.54, 1.807) is 0 Å². The molecule has 54 valence electrons. The van der Waals surface area contributed by atoms with Gasteiger partial charge in [0.05, 0.1) is 5.69 Å². The van der Waals surface area contributed by atoms with E-state index in [0.29, 0.717) is 0 Å². The first-order valence-electron chi connectivity index (χ1n) is 2.71. The molecule has 0 aliphatic heterocycles. The average molecular weight is 157 g/mol. The van der Waals surface area contributed by atoms with E-state index in [2.05, 4.69) is 27.7 Å². The predicted molar refractivity (Wildman–Crippen MR) is 41.2 cm³/mol. The second-order valence-corrected chi connectivity index (χ2v) is 1.78. The molecular formula is C6H7NO2S. The highest BCUT2D eigenvalue weighted by atomic mass is 32.1. The zero-order valence-corrected chi connectivity index (χ0v) is 6.04. The summed E-state index contributed by atoms with van der Waals surface area (Å²) in [6.07, 6.45) is 0. The lowest BCUT2D eigenvalue weighted by molar-refractivity contribution is -0.158. The fourth-order valence-electron chi connectivity index (χ4n) is 0.573. The summed E-state index contributed by atoms with van der Waals surface area (Å²) >= 11 is 3.37. The minimum absolute atomic E-state index is 0.816. The third kappa shape index (κ3) is 2.26. The Balaban J connectivity index is 2.43. The molecule has 0 amide bonds. The summed E-state index contributed by atoms with van der Waals surface area (Å²) in [4.78, 5) is 4.33. The maximum absolute atomic E-state index is 4.33. The van der Waals surface area contributed by atoms with Crippen molar-refractivity contribution in [2.45, 2.75) is 0 Å². The van der Waals surface area contributed by atoms with Crippen LogP contribution in [0.1, 0.15) is 0 Å². The van der Waals surface area contributed by atoms with E-state index in [1.807, 2.05) is 30.3 Å². The zero-order chi connectivity index (χ0) is 7.23. The third-order valence-electron chi connectivity index (χ3n) is 0.971. The smallest absolute Gasteiger partial charge is 0.0635 e. The highest BCUT2D eigenvalue weighted by Crippen LogP contribution is 2.04. The van der Waals surface area contributed by atoms with Gasteiger partial charge in [0.15, 0.2) is 0 Å². The zero-order valence-electron chi connectivity index (χ0n) is 5.15. The van der Waals surface area contributed by atoms with Gasteiger partial charge >= 0.3 is 0 Å². The molecule has 10 heavy (non-hydrogen) atoms. The SMILES string of the molecule is SOONc1ccccc1. The van der Waals surface area contributed by atoms with Crippen LogP contribution in [0.5, 0.6) is 0 Å². The second-order valence-electron chi connectivity index (χ2n) is 1.63. The van der Waals surface area contributed by atoms with Gasteiger partial charge in [0.1, 0.15) is 0 Å². The monoisotopic (exact) mass is 157 g/mol. The molecule has 0 spiro atoms. The van der Waals surface area contributed by atoms with Crippen LogP contribution in [-0.2, 0) is 9.32 Å². The molecule has 0 unspecified atom stereocenters.